The number of nitrogens with zero attached hydrogens (tertiary/aromatic N) is 3. The first-order valence-corrected chi connectivity index (χ1v) is 8.44. The molecule has 6 nitrogen and oxygen atoms in total. The van der Waals surface area contributed by atoms with Crippen molar-refractivity contribution < 1.29 is 9.53 Å². The minimum absolute atomic E-state index is 0.0342. The number of carbonyl (C=O) groups excluding carboxylic acids is 1. The maximum Gasteiger partial charge on any atom is 0.274 e. The van der Waals surface area contributed by atoms with Gasteiger partial charge in [-0.2, -0.15) is 5.10 Å². The van der Waals surface area contributed by atoms with Crippen molar-refractivity contribution in [2.24, 2.45) is 0 Å². The molecule has 0 radical (unpaired) electrons. The van der Waals surface area contributed by atoms with Gasteiger partial charge in [-0.3, -0.25) is 9.48 Å². The van der Waals surface area contributed by atoms with Crippen molar-refractivity contribution in [2.45, 2.75) is 44.8 Å². The Bertz CT molecular complexity index is 494. The lowest BCUT2D eigenvalue weighted by molar-refractivity contribution is -0.0252. The predicted octanol–water partition coefficient (Wildman–Crippen LogP) is 1.45. The number of carbonyl (C=O) groups is 1. The molecule has 2 aliphatic heterocycles. The van der Waals surface area contributed by atoms with Crippen LogP contribution in [-0.2, 0) is 4.74 Å². The fraction of sp³-hybridized carbons (Fsp3) is 0.750. The molecule has 0 spiro atoms. The number of hydrogen-bond acceptors (Lipinski definition) is 4. The summed E-state index contributed by atoms with van der Waals surface area (Å²) >= 11 is 0. The van der Waals surface area contributed by atoms with Gasteiger partial charge in [-0.15, -0.1) is 0 Å². The van der Waals surface area contributed by atoms with Crippen molar-refractivity contribution in [3.05, 3.63) is 18.0 Å². The van der Waals surface area contributed by atoms with Gasteiger partial charge in [0.15, 0.2) is 0 Å². The van der Waals surface area contributed by atoms with E-state index in [0.29, 0.717) is 31.4 Å². The Morgan fingerprint density at radius 3 is 3.23 bits per heavy atom. The van der Waals surface area contributed by atoms with Gasteiger partial charge < -0.3 is 15.0 Å². The second-order valence-electron chi connectivity index (χ2n) is 6.21. The Morgan fingerprint density at radius 2 is 2.45 bits per heavy atom. The normalized spacial score (nSPS) is 26.1. The molecule has 122 valence electrons. The van der Waals surface area contributed by atoms with Crippen LogP contribution >= 0.6 is 0 Å². The summed E-state index contributed by atoms with van der Waals surface area (Å²) in [7, 11) is 0. The molecule has 2 saturated heterocycles. The molecule has 2 unspecified atom stereocenters. The lowest BCUT2D eigenvalue weighted by atomic mass is 10.1. The highest BCUT2D eigenvalue weighted by Gasteiger charge is 2.26. The molecular formula is C16H26N4O2. The Labute approximate surface area is 131 Å². The molecule has 3 heterocycles. The fourth-order valence-corrected chi connectivity index (χ4v) is 3.28. The Balaban J connectivity index is 1.63. The van der Waals surface area contributed by atoms with Gasteiger partial charge in [-0.05, 0) is 31.9 Å². The highest BCUT2D eigenvalue weighted by molar-refractivity contribution is 5.92. The molecule has 6 heteroatoms. The van der Waals surface area contributed by atoms with Crippen LogP contribution in [0.25, 0.3) is 0 Å². The summed E-state index contributed by atoms with van der Waals surface area (Å²) in [4.78, 5) is 14.5. The monoisotopic (exact) mass is 306 g/mol. The number of amides is 1. The average Bonchev–Trinajstić information content (AvgIpc) is 3.05. The van der Waals surface area contributed by atoms with Gasteiger partial charge in [0.25, 0.3) is 5.91 Å². The molecule has 1 aromatic rings. The van der Waals surface area contributed by atoms with Crippen LogP contribution in [0.5, 0.6) is 0 Å². The van der Waals surface area contributed by atoms with Crippen LogP contribution in [-0.4, -0.2) is 59.5 Å². The summed E-state index contributed by atoms with van der Waals surface area (Å²) in [6.45, 7) is 6.14. The largest absolute Gasteiger partial charge is 0.375 e. The van der Waals surface area contributed by atoms with E-state index >= 15 is 0 Å². The molecule has 1 aromatic heterocycles. The van der Waals surface area contributed by atoms with E-state index in [9.17, 15) is 4.79 Å². The predicted molar refractivity (Wildman–Crippen MR) is 83.9 cm³/mol. The average molecular weight is 306 g/mol. The van der Waals surface area contributed by atoms with Gasteiger partial charge in [0.05, 0.1) is 18.8 Å². The van der Waals surface area contributed by atoms with E-state index in [1.807, 2.05) is 21.8 Å². The summed E-state index contributed by atoms with van der Waals surface area (Å²) in [6, 6.07) is 2.22. The van der Waals surface area contributed by atoms with E-state index in [4.69, 9.17) is 4.74 Å². The van der Waals surface area contributed by atoms with Crippen LogP contribution in [0.2, 0.25) is 0 Å². The lowest BCUT2D eigenvalue weighted by Crippen LogP contribution is -2.45. The van der Waals surface area contributed by atoms with Gasteiger partial charge in [0.2, 0.25) is 0 Å². The topological polar surface area (TPSA) is 59.4 Å². The Morgan fingerprint density at radius 1 is 1.55 bits per heavy atom. The van der Waals surface area contributed by atoms with Crippen molar-refractivity contribution in [3.63, 3.8) is 0 Å². The number of hydrogen-bond donors (Lipinski definition) is 1. The smallest absolute Gasteiger partial charge is 0.274 e. The molecular weight excluding hydrogens is 280 g/mol. The molecule has 2 atom stereocenters. The van der Waals surface area contributed by atoms with Crippen molar-refractivity contribution in [1.82, 2.24) is 20.0 Å². The van der Waals surface area contributed by atoms with Crippen LogP contribution in [0, 0.1) is 0 Å². The number of rotatable bonds is 4. The Hall–Kier alpha value is -1.40. The van der Waals surface area contributed by atoms with Crippen LogP contribution in [0.3, 0.4) is 0 Å². The van der Waals surface area contributed by atoms with E-state index < -0.39 is 0 Å². The fourth-order valence-electron chi connectivity index (χ4n) is 3.28. The van der Waals surface area contributed by atoms with Gasteiger partial charge in [0, 0.05) is 25.8 Å². The number of ether oxygens (including phenoxy) is 1. The number of piperidine rings is 1. The Kier molecular flexibility index (Phi) is 5.10. The molecule has 1 N–H and O–H groups in total. The van der Waals surface area contributed by atoms with Crippen molar-refractivity contribution in [1.29, 1.82) is 0 Å². The summed E-state index contributed by atoms with van der Waals surface area (Å²) in [5, 5.41) is 7.91. The maximum atomic E-state index is 12.6. The van der Waals surface area contributed by atoms with Gasteiger partial charge >= 0.3 is 0 Å². The highest BCUT2D eigenvalue weighted by Crippen LogP contribution is 2.17. The summed E-state index contributed by atoms with van der Waals surface area (Å²) in [6.07, 6.45) is 6.48. The van der Waals surface area contributed by atoms with Gasteiger partial charge in [-0.25, -0.2) is 0 Å². The van der Waals surface area contributed by atoms with E-state index in [2.05, 4.69) is 17.3 Å². The minimum Gasteiger partial charge on any atom is -0.375 e. The number of morpholine rings is 1. The quantitative estimate of drug-likeness (QED) is 0.914. The molecule has 0 saturated carbocycles. The van der Waals surface area contributed by atoms with Crippen molar-refractivity contribution in [2.75, 3.05) is 32.8 Å². The molecule has 0 aliphatic carbocycles. The second-order valence-corrected chi connectivity index (χ2v) is 6.21. The maximum absolute atomic E-state index is 12.6. The van der Waals surface area contributed by atoms with Crippen LogP contribution in [0.1, 0.15) is 49.1 Å². The summed E-state index contributed by atoms with van der Waals surface area (Å²) < 4.78 is 7.66. The molecule has 3 rings (SSSR count). The first-order valence-electron chi connectivity index (χ1n) is 8.44. The van der Waals surface area contributed by atoms with Crippen molar-refractivity contribution in [3.8, 4) is 0 Å². The highest BCUT2D eigenvalue weighted by atomic mass is 16.5. The molecule has 22 heavy (non-hydrogen) atoms. The first kappa shape index (κ1) is 15.5. The van der Waals surface area contributed by atoms with Gasteiger partial charge in [-0.1, -0.05) is 13.3 Å². The molecule has 2 fully saturated rings. The molecule has 1 amide bonds. The molecule has 0 bridgehead atoms. The SMILES string of the molecule is CCCC1CN(C(=O)c2ccn(C3CCCNC3)n2)CCO1. The molecule has 2 aliphatic rings. The zero-order valence-electron chi connectivity index (χ0n) is 13.3. The van der Waals surface area contributed by atoms with E-state index in [1.54, 1.807) is 0 Å². The number of nitrogens with one attached hydrogen (secondary N) is 1. The third-order valence-corrected chi connectivity index (χ3v) is 4.51. The standard InChI is InChI=1S/C16H26N4O2/c1-2-4-14-12-19(9-10-22-14)16(21)15-6-8-20(18-15)13-5-3-7-17-11-13/h6,8,13-14,17H,2-5,7,9-12H2,1H3. The van der Waals surface area contributed by atoms with Crippen LogP contribution < -0.4 is 5.32 Å². The van der Waals surface area contributed by atoms with Crippen molar-refractivity contribution >= 4 is 5.91 Å². The zero-order valence-corrected chi connectivity index (χ0v) is 13.3. The number of aromatic nitrogens is 2. The summed E-state index contributed by atoms with van der Waals surface area (Å²) in [5.41, 5.74) is 0.558. The lowest BCUT2D eigenvalue weighted by Gasteiger charge is -2.32. The zero-order chi connectivity index (χ0) is 15.4. The van der Waals surface area contributed by atoms with Crippen LogP contribution in [0.15, 0.2) is 12.3 Å². The van der Waals surface area contributed by atoms with Gasteiger partial charge in [0.1, 0.15) is 5.69 Å². The van der Waals surface area contributed by atoms with E-state index in [-0.39, 0.29) is 12.0 Å². The van der Waals surface area contributed by atoms with E-state index in [0.717, 1.165) is 38.8 Å². The minimum atomic E-state index is 0.0342. The third kappa shape index (κ3) is 3.50. The van der Waals surface area contributed by atoms with E-state index in [1.165, 1.54) is 0 Å². The second kappa shape index (κ2) is 7.24. The molecule has 0 aromatic carbocycles. The first-order chi connectivity index (χ1) is 10.8. The summed E-state index contributed by atoms with van der Waals surface area (Å²) in [5.74, 6) is 0.0342. The third-order valence-electron chi connectivity index (χ3n) is 4.51. The van der Waals surface area contributed by atoms with Crippen LogP contribution in [0.4, 0.5) is 0 Å².